The van der Waals surface area contributed by atoms with Gasteiger partial charge in [-0.3, -0.25) is 9.69 Å². The Bertz CT molecular complexity index is 539. The molecule has 0 aromatic heterocycles. The summed E-state index contributed by atoms with van der Waals surface area (Å²) in [5, 5.41) is 0. The lowest BCUT2D eigenvalue weighted by atomic mass is 9.98. The van der Waals surface area contributed by atoms with E-state index in [2.05, 4.69) is 43.0 Å². The van der Waals surface area contributed by atoms with Gasteiger partial charge in [-0.25, -0.2) is 0 Å². The molecule has 6 heteroatoms. The Morgan fingerprint density at radius 2 is 1.80 bits per heavy atom. The summed E-state index contributed by atoms with van der Waals surface area (Å²) >= 11 is 0. The van der Waals surface area contributed by atoms with E-state index < -0.39 is 0 Å². The summed E-state index contributed by atoms with van der Waals surface area (Å²) in [6, 6.07) is 8.61. The Hall–Kier alpha value is -0.810. The summed E-state index contributed by atoms with van der Waals surface area (Å²) in [7, 11) is 1.89. The molecule has 0 saturated heterocycles. The molecule has 25 heavy (non-hydrogen) atoms. The largest absolute Gasteiger partial charge is 0.344 e. The molecule has 2 rings (SSSR count). The van der Waals surface area contributed by atoms with Gasteiger partial charge in [0.2, 0.25) is 5.91 Å². The number of benzene rings is 1. The molecule has 144 valence electrons. The van der Waals surface area contributed by atoms with Crippen LogP contribution in [0.25, 0.3) is 0 Å². The van der Waals surface area contributed by atoms with E-state index in [1.54, 1.807) is 0 Å². The van der Waals surface area contributed by atoms with E-state index in [1.165, 1.54) is 11.1 Å². The van der Waals surface area contributed by atoms with Crippen LogP contribution in [0.3, 0.4) is 0 Å². The van der Waals surface area contributed by atoms with E-state index in [0.717, 1.165) is 32.5 Å². The van der Waals surface area contributed by atoms with E-state index in [-0.39, 0.29) is 42.8 Å². The molecule has 2 N–H and O–H groups in total. The standard InChI is InChI=1S/C19H31N3O.2ClH/c1-14(2)18(20)10-11-21(4)19(23)15(3)22-12-9-16-7-5-6-8-17(16)13-22;;/h5-8,14-15,18H,9-13,20H2,1-4H3;2*1H. The molecule has 0 bridgehead atoms. The van der Waals surface area contributed by atoms with Crippen LogP contribution in [0.15, 0.2) is 24.3 Å². The molecule has 1 aromatic carbocycles. The Morgan fingerprint density at radius 3 is 2.40 bits per heavy atom. The second kappa shape index (κ2) is 11.0. The number of carbonyl (C=O) groups excluding carboxylic acids is 1. The van der Waals surface area contributed by atoms with Crippen molar-refractivity contribution >= 4 is 30.7 Å². The van der Waals surface area contributed by atoms with Crippen LogP contribution in [0.1, 0.15) is 38.3 Å². The van der Waals surface area contributed by atoms with Gasteiger partial charge in [-0.15, -0.1) is 24.8 Å². The summed E-state index contributed by atoms with van der Waals surface area (Å²) in [6.07, 6.45) is 1.88. The molecule has 0 radical (unpaired) electrons. The summed E-state index contributed by atoms with van der Waals surface area (Å²) in [4.78, 5) is 16.8. The van der Waals surface area contributed by atoms with E-state index in [1.807, 2.05) is 18.9 Å². The zero-order chi connectivity index (χ0) is 17.0. The zero-order valence-corrected chi connectivity index (χ0v) is 17.4. The van der Waals surface area contributed by atoms with Crippen molar-refractivity contribution in [1.82, 2.24) is 9.80 Å². The second-order valence-electron chi connectivity index (χ2n) is 7.12. The highest BCUT2D eigenvalue weighted by Gasteiger charge is 2.27. The molecular formula is C19H33Cl2N3O. The molecule has 0 saturated carbocycles. The lowest BCUT2D eigenvalue weighted by molar-refractivity contribution is -0.135. The Kier molecular flexibility index (Phi) is 10.7. The quantitative estimate of drug-likeness (QED) is 0.812. The van der Waals surface area contributed by atoms with Crippen LogP contribution in [0.2, 0.25) is 0 Å². The second-order valence-corrected chi connectivity index (χ2v) is 7.12. The smallest absolute Gasteiger partial charge is 0.239 e. The summed E-state index contributed by atoms with van der Waals surface area (Å²) < 4.78 is 0. The predicted molar refractivity (Wildman–Crippen MR) is 110 cm³/mol. The number of likely N-dealkylation sites (N-methyl/N-ethyl adjacent to an activating group) is 1. The number of halogens is 2. The van der Waals surface area contributed by atoms with E-state index in [0.29, 0.717) is 5.92 Å². The minimum absolute atomic E-state index is 0. The van der Waals surface area contributed by atoms with Crippen LogP contribution in [0, 0.1) is 5.92 Å². The molecule has 0 spiro atoms. The van der Waals surface area contributed by atoms with Gasteiger partial charge < -0.3 is 10.6 Å². The van der Waals surface area contributed by atoms with Gasteiger partial charge in [0.15, 0.2) is 0 Å². The maximum Gasteiger partial charge on any atom is 0.239 e. The van der Waals surface area contributed by atoms with Gasteiger partial charge in [0.25, 0.3) is 0 Å². The number of amides is 1. The number of fused-ring (bicyclic) bond motifs is 1. The number of hydrogen-bond donors (Lipinski definition) is 1. The first-order chi connectivity index (χ1) is 10.9. The van der Waals surface area contributed by atoms with E-state index in [4.69, 9.17) is 5.73 Å². The highest BCUT2D eigenvalue weighted by Crippen LogP contribution is 2.20. The first kappa shape index (κ1) is 24.2. The fourth-order valence-electron chi connectivity index (χ4n) is 3.11. The van der Waals surface area contributed by atoms with Crippen molar-refractivity contribution in [2.24, 2.45) is 11.7 Å². The molecule has 1 aliphatic rings. The third kappa shape index (κ3) is 6.45. The predicted octanol–water partition coefficient (Wildman–Crippen LogP) is 3.11. The molecule has 1 heterocycles. The van der Waals surface area contributed by atoms with Crippen molar-refractivity contribution < 1.29 is 4.79 Å². The van der Waals surface area contributed by atoms with Gasteiger partial charge in [0.1, 0.15) is 0 Å². The molecule has 1 aliphatic heterocycles. The van der Waals surface area contributed by atoms with Crippen molar-refractivity contribution in [3.63, 3.8) is 0 Å². The highest BCUT2D eigenvalue weighted by atomic mass is 35.5. The van der Waals surface area contributed by atoms with E-state index >= 15 is 0 Å². The molecule has 1 aromatic rings. The minimum Gasteiger partial charge on any atom is -0.344 e. The normalized spacial score (nSPS) is 16.2. The first-order valence-corrected chi connectivity index (χ1v) is 8.71. The number of rotatable bonds is 6. The van der Waals surface area contributed by atoms with Crippen molar-refractivity contribution in [2.75, 3.05) is 20.1 Å². The molecular weight excluding hydrogens is 357 g/mol. The van der Waals surface area contributed by atoms with Crippen molar-refractivity contribution in [2.45, 2.75) is 52.2 Å². The lowest BCUT2D eigenvalue weighted by Crippen LogP contribution is -2.48. The van der Waals surface area contributed by atoms with Crippen molar-refractivity contribution in [3.8, 4) is 0 Å². The van der Waals surface area contributed by atoms with Crippen LogP contribution >= 0.6 is 24.8 Å². The summed E-state index contributed by atoms with van der Waals surface area (Å²) in [5.74, 6) is 0.648. The molecule has 1 amide bonds. The zero-order valence-electron chi connectivity index (χ0n) is 15.8. The van der Waals surface area contributed by atoms with Gasteiger partial charge in [-0.05, 0) is 36.8 Å². The van der Waals surface area contributed by atoms with Gasteiger partial charge in [-0.1, -0.05) is 38.1 Å². The fraction of sp³-hybridized carbons (Fsp3) is 0.632. The van der Waals surface area contributed by atoms with Gasteiger partial charge in [0, 0.05) is 32.7 Å². The van der Waals surface area contributed by atoms with Crippen LogP contribution in [0.4, 0.5) is 0 Å². The first-order valence-electron chi connectivity index (χ1n) is 8.71. The molecule has 2 unspecified atom stereocenters. The Morgan fingerprint density at radius 1 is 1.20 bits per heavy atom. The average Bonchev–Trinajstić information content (AvgIpc) is 2.57. The summed E-state index contributed by atoms with van der Waals surface area (Å²) in [6.45, 7) is 8.81. The molecule has 4 nitrogen and oxygen atoms in total. The summed E-state index contributed by atoms with van der Waals surface area (Å²) in [5.41, 5.74) is 8.85. The number of carbonyl (C=O) groups is 1. The minimum atomic E-state index is -0.0800. The van der Waals surface area contributed by atoms with Crippen LogP contribution < -0.4 is 5.73 Å². The molecule has 2 atom stereocenters. The third-order valence-corrected chi connectivity index (χ3v) is 5.10. The van der Waals surface area contributed by atoms with E-state index in [9.17, 15) is 4.79 Å². The van der Waals surface area contributed by atoms with Crippen LogP contribution in [-0.4, -0.2) is 47.9 Å². The van der Waals surface area contributed by atoms with Gasteiger partial charge >= 0.3 is 0 Å². The molecule has 0 fully saturated rings. The average molecular weight is 390 g/mol. The van der Waals surface area contributed by atoms with Crippen molar-refractivity contribution in [3.05, 3.63) is 35.4 Å². The number of nitrogens with zero attached hydrogens (tertiary/aromatic N) is 2. The number of hydrogen-bond acceptors (Lipinski definition) is 3. The SMILES string of the molecule is CC(C)C(N)CCN(C)C(=O)C(C)N1CCc2ccccc2C1.Cl.Cl. The van der Waals surface area contributed by atoms with Gasteiger partial charge in [0.05, 0.1) is 6.04 Å². The third-order valence-electron chi connectivity index (χ3n) is 5.10. The maximum atomic E-state index is 12.7. The van der Waals surface area contributed by atoms with Crippen molar-refractivity contribution in [1.29, 1.82) is 0 Å². The molecule has 0 aliphatic carbocycles. The maximum absolute atomic E-state index is 12.7. The Labute approximate surface area is 164 Å². The Balaban J connectivity index is 0.00000288. The number of nitrogens with two attached hydrogens (primary N) is 1. The topological polar surface area (TPSA) is 49.6 Å². The van der Waals surface area contributed by atoms with Crippen LogP contribution in [-0.2, 0) is 17.8 Å². The highest BCUT2D eigenvalue weighted by molar-refractivity contribution is 5.85. The van der Waals surface area contributed by atoms with Crippen LogP contribution in [0.5, 0.6) is 0 Å². The lowest BCUT2D eigenvalue weighted by Gasteiger charge is -2.35. The fourth-order valence-corrected chi connectivity index (χ4v) is 3.11. The monoisotopic (exact) mass is 389 g/mol. The van der Waals surface area contributed by atoms with Gasteiger partial charge in [-0.2, -0.15) is 0 Å².